The van der Waals surface area contributed by atoms with Gasteiger partial charge in [-0.3, -0.25) is 9.59 Å². The first-order chi connectivity index (χ1) is 17.4. The summed E-state index contributed by atoms with van der Waals surface area (Å²) in [5.74, 6) is 0.0789. The summed E-state index contributed by atoms with van der Waals surface area (Å²) in [5, 5.41) is 6.46. The standard InChI is InChI=1S/C29H29N3O2S2/c1-16-10-11-30-24(12-16)32-28(34)25-18(3)31-22-14-20(19-8-6-5-7-9-19)15-23(33)27(22)26(25)21-13-17(2)36-29(21)35-4/h5-13,20,26,31H,14-15H2,1-4H3,(H,30,32,34)/t20-,26+/m1/s1. The van der Waals surface area contributed by atoms with Crippen LogP contribution in [0.4, 0.5) is 5.82 Å². The van der Waals surface area contributed by atoms with Crippen molar-refractivity contribution in [3.05, 3.63) is 98.8 Å². The van der Waals surface area contributed by atoms with Gasteiger partial charge in [-0.15, -0.1) is 23.1 Å². The van der Waals surface area contributed by atoms with Gasteiger partial charge in [-0.05, 0) is 74.3 Å². The maximum atomic E-state index is 13.8. The number of benzene rings is 1. The molecule has 5 nitrogen and oxygen atoms in total. The lowest BCUT2D eigenvalue weighted by Crippen LogP contribution is -2.37. The highest BCUT2D eigenvalue weighted by atomic mass is 32.2. The van der Waals surface area contributed by atoms with Crippen LogP contribution in [0.25, 0.3) is 0 Å². The van der Waals surface area contributed by atoms with Crippen molar-refractivity contribution in [1.82, 2.24) is 10.3 Å². The topological polar surface area (TPSA) is 71.1 Å². The van der Waals surface area contributed by atoms with Gasteiger partial charge < -0.3 is 10.6 Å². The first-order valence-corrected chi connectivity index (χ1v) is 14.1. The third kappa shape index (κ3) is 4.65. The highest BCUT2D eigenvalue weighted by Gasteiger charge is 2.42. The third-order valence-electron chi connectivity index (χ3n) is 6.84. The van der Waals surface area contributed by atoms with Crippen LogP contribution in [-0.4, -0.2) is 22.9 Å². The number of ketones is 1. The van der Waals surface area contributed by atoms with Gasteiger partial charge in [0, 0.05) is 46.0 Å². The van der Waals surface area contributed by atoms with Crippen LogP contribution < -0.4 is 10.6 Å². The summed E-state index contributed by atoms with van der Waals surface area (Å²) in [6.45, 7) is 5.97. The molecule has 0 spiro atoms. The van der Waals surface area contributed by atoms with E-state index < -0.39 is 5.92 Å². The predicted molar refractivity (Wildman–Crippen MR) is 147 cm³/mol. The van der Waals surface area contributed by atoms with E-state index in [1.807, 2.05) is 50.4 Å². The highest BCUT2D eigenvalue weighted by Crippen LogP contribution is 2.49. The van der Waals surface area contributed by atoms with E-state index in [4.69, 9.17) is 0 Å². The van der Waals surface area contributed by atoms with E-state index >= 15 is 0 Å². The fraction of sp³-hybridized carbons (Fsp3) is 0.276. The van der Waals surface area contributed by atoms with Gasteiger partial charge in [0.1, 0.15) is 5.82 Å². The van der Waals surface area contributed by atoms with E-state index in [-0.39, 0.29) is 17.6 Å². The Kier molecular flexibility index (Phi) is 6.86. The van der Waals surface area contributed by atoms with Gasteiger partial charge in [0.25, 0.3) is 5.91 Å². The number of nitrogens with zero attached hydrogens (tertiary/aromatic N) is 1. The van der Waals surface area contributed by atoms with Gasteiger partial charge >= 0.3 is 0 Å². The quantitative estimate of drug-likeness (QED) is 0.381. The van der Waals surface area contributed by atoms with Crippen molar-refractivity contribution in [2.45, 2.75) is 49.7 Å². The first-order valence-electron chi connectivity index (χ1n) is 12.0. The van der Waals surface area contributed by atoms with Crippen molar-refractivity contribution in [2.24, 2.45) is 0 Å². The van der Waals surface area contributed by atoms with E-state index in [1.54, 1.807) is 29.3 Å². The minimum absolute atomic E-state index is 0.102. The number of aryl methyl sites for hydroxylation is 2. The van der Waals surface area contributed by atoms with Crippen LogP contribution in [0.1, 0.15) is 53.2 Å². The van der Waals surface area contributed by atoms with Crippen LogP contribution in [0.2, 0.25) is 0 Å². The second kappa shape index (κ2) is 10.1. The van der Waals surface area contributed by atoms with Crippen molar-refractivity contribution in [1.29, 1.82) is 0 Å². The molecule has 0 saturated carbocycles. The molecule has 0 radical (unpaired) electrons. The van der Waals surface area contributed by atoms with Crippen LogP contribution in [-0.2, 0) is 9.59 Å². The number of allylic oxidation sites excluding steroid dienone is 3. The SMILES string of the molecule is CSc1sc(C)cc1[C@H]1C(C(=O)Nc2cc(C)ccn2)=C(C)NC2=C1C(=O)C[C@H](c1ccccc1)C2. The Hall–Kier alpha value is -3.16. The molecule has 1 amide bonds. The zero-order valence-electron chi connectivity index (χ0n) is 20.8. The zero-order valence-corrected chi connectivity index (χ0v) is 22.5. The van der Waals surface area contributed by atoms with E-state index in [0.717, 1.165) is 38.7 Å². The molecule has 2 aromatic heterocycles. The number of carbonyl (C=O) groups is 2. The van der Waals surface area contributed by atoms with Crippen LogP contribution in [0.3, 0.4) is 0 Å². The number of hydrogen-bond acceptors (Lipinski definition) is 6. The maximum absolute atomic E-state index is 13.8. The fourth-order valence-electron chi connectivity index (χ4n) is 5.27. The molecule has 2 atom stereocenters. The van der Waals surface area contributed by atoms with Gasteiger partial charge in [-0.25, -0.2) is 4.98 Å². The number of aromatic nitrogens is 1. The summed E-state index contributed by atoms with van der Waals surface area (Å²) in [6, 6.07) is 16.1. The summed E-state index contributed by atoms with van der Waals surface area (Å²) >= 11 is 3.38. The molecule has 3 heterocycles. The minimum atomic E-state index is -0.414. The number of nitrogens with one attached hydrogen (secondary N) is 2. The Morgan fingerprint density at radius 2 is 1.89 bits per heavy atom. The van der Waals surface area contributed by atoms with Crippen molar-refractivity contribution < 1.29 is 9.59 Å². The molecule has 1 aliphatic carbocycles. The summed E-state index contributed by atoms with van der Waals surface area (Å²) in [5.41, 5.74) is 6.24. The second-order valence-electron chi connectivity index (χ2n) is 9.40. The predicted octanol–water partition coefficient (Wildman–Crippen LogP) is 6.48. The normalized spacial score (nSPS) is 19.7. The van der Waals surface area contributed by atoms with Crippen molar-refractivity contribution in [2.75, 3.05) is 11.6 Å². The van der Waals surface area contributed by atoms with Crippen molar-refractivity contribution in [3.63, 3.8) is 0 Å². The highest BCUT2D eigenvalue weighted by molar-refractivity contribution is 8.00. The molecular formula is C29H29N3O2S2. The number of hydrogen-bond donors (Lipinski definition) is 2. The average Bonchev–Trinajstić information content (AvgIpc) is 3.23. The molecule has 2 N–H and O–H groups in total. The number of anilines is 1. The molecule has 1 aliphatic heterocycles. The Morgan fingerprint density at radius 1 is 1.11 bits per heavy atom. The molecule has 184 valence electrons. The number of thiophene rings is 1. The van der Waals surface area contributed by atoms with Gasteiger partial charge in [0.15, 0.2) is 5.78 Å². The lowest BCUT2D eigenvalue weighted by molar-refractivity contribution is -0.116. The van der Waals surface area contributed by atoms with Crippen LogP contribution >= 0.6 is 23.1 Å². The van der Waals surface area contributed by atoms with Crippen LogP contribution in [0, 0.1) is 13.8 Å². The zero-order chi connectivity index (χ0) is 25.4. The summed E-state index contributed by atoms with van der Waals surface area (Å²) in [4.78, 5) is 33.1. The number of rotatable bonds is 5. The van der Waals surface area contributed by atoms with Crippen LogP contribution in [0.15, 0.2) is 81.5 Å². The fourth-order valence-corrected chi connectivity index (χ4v) is 7.19. The van der Waals surface area contributed by atoms with E-state index in [2.05, 4.69) is 40.7 Å². The molecule has 3 aromatic rings. The molecule has 36 heavy (non-hydrogen) atoms. The molecule has 0 bridgehead atoms. The molecule has 2 aliphatic rings. The van der Waals surface area contributed by atoms with E-state index in [1.165, 1.54) is 10.4 Å². The largest absolute Gasteiger partial charge is 0.362 e. The Balaban J connectivity index is 1.59. The number of Topliss-reactive ketones (excluding diaryl/α,β-unsaturated/α-hetero) is 1. The lowest BCUT2D eigenvalue weighted by Gasteiger charge is -2.37. The number of carbonyl (C=O) groups excluding carboxylic acids is 2. The first kappa shape index (κ1) is 24.5. The van der Waals surface area contributed by atoms with Crippen molar-refractivity contribution >= 4 is 40.6 Å². The smallest absolute Gasteiger partial charge is 0.255 e. The van der Waals surface area contributed by atoms with Gasteiger partial charge in [0.05, 0.1) is 4.21 Å². The Bertz CT molecular complexity index is 1400. The number of dihydropyridines is 1. The van der Waals surface area contributed by atoms with Gasteiger partial charge in [-0.2, -0.15) is 0 Å². The minimum Gasteiger partial charge on any atom is -0.362 e. The summed E-state index contributed by atoms with van der Waals surface area (Å²) < 4.78 is 1.14. The van der Waals surface area contributed by atoms with Crippen molar-refractivity contribution in [3.8, 4) is 0 Å². The summed E-state index contributed by atoms with van der Waals surface area (Å²) in [7, 11) is 0. The van der Waals surface area contributed by atoms with Gasteiger partial charge in [-0.1, -0.05) is 30.3 Å². The van der Waals surface area contributed by atoms with E-state index in [9.17, 15) is 9.59 Å². The Labute approximate surface area is 220 Å². The Morgan fingerprint density at radius 3 is 2.61 bits per heavy atom. The molecule has 0 saturated heterocycles. The van der Waals surface area contributed by atoms with Gasteiger partial charge in [0.2, 0.25) is 0 Å². The number of thioether (sulfide) groups is 1. The molecule has 0 fully saturated rings. The molecule has 7 heteroatoms. The maximum Gasteiger partial charge on any atom is 0.255 e. The average molecular weight is 516 g/mol. The summed E-state index contributed by atoms with van der Waals surface area (Å²) in [6.07, 6.45) is 4.91. The van der Waals surface area contributed by atoms with E-state index in [0.29, 0.717) is 17.8 Å². The molecular weight excluding hydrogens is 486 g/mol. The molecule has 1 aromatic carbocycles. The third-order valence-corrected chi connectivity index (χ3v) is 9.06. The second-order valence-corrected chi connectivity index (χ2v) is 11.7. The molecule has 5 rings (SSSR count). The number of amides is 1. The molecule has 0 unspecified atom stereocenters. The lowest BCUT2D eigenvalue weighted by atomic mass is 9.72. The van der Waals surface area contributed by atoms with Crippen LogP contribution in [0.5, 0.6) is 0 Å². The monoisotopic (exact) mass is 515 g/mol. The number of pyridine rings is 1.